The van der Waals surface area contributed by atoms with E-state index in [1.807, 2.05) is 18.6 Å². The lowest BCUT2D eigenvalue weighted by Gasteiger charge is -2.14. The summed E-state index contributed by atoms with van der Waals surface area (Å²) >= 11 is 0. The highest BCUT2D eigenvalue weighted by atomic mass is 32.2. The van der Waals surface area contributed by atoms with Crippen LogP contribution >= 0.6 is 0 Å². The molecular weight excluding hydrogens is 485 g/mol. The van der Waals surface area contributed by atoms with Gasteiger partial charge in [-0.05, 0) is 54.7 Å². The molecule has 190 valence electrons. The molecule has 1 amide bonds. The summed E-state index contributed by atoms with van der Waals surface area (Å²) < 4.78 is 53.0. The number of pyridine rings is 2. The molecule has 8 nitrogen and oxygen atoms in total. The number of benzene rings is 1. The number of carbonyl (C=O) groups is 1. The van der Waals surface area contributed by atoms with Crippen LogP contribution in [0.1, 0.15) is 43.5 Å². The number of nitrogens with one attached hydrogen (secondary N) is 1. The lowest BCUT2D eigenvalue weighted by Crippen LogP contribution is -2.31. The Bertz CT molecular complexity index is 1330. The molecule has 1 N–H and O–H groups in total. The molecular formula is C26H28FN3O5S. The molecule has 1 fully saturated rings. The smallest absolute Gasteiger partial charge is 0.281 e. The molecule has 0 atom stereocenters. The van der Waals surface area contributed by atoms with Crippen LogP contribution in [-0.4, -0.2) is 37.5 Å². The van der Waals surface area contributed by atoms with Gasteiger partial charge in [0.05, 0.1) is 18.9 Å². The van der Waals surface area contributed by atoms with Gasteiger partial charge in [-0.1, -0.05) is 32.8 Å². The molecule has 0 aliphatic heterocycles. The van der Waals surface area contributed by atoms with Crippen LogP contribution in [0.5, 0.6) is 11.6 Å². The van der Waals surface area contributed by atoms with Crippen molar-refractivity contribution in [1.29, 1.82) is 0 Å². The SMILES string of the molecule is CC(C)COc1cc(F)cc(-c2ccc(C(=O)NS(=O)(=O)c3ccccn3)c(OCCC3CC3)n2)c1. The number of rotatable bonds is 11. The van der Waals surface area contributed by atoms with Crippen molar-refractivity contribution >= 4 is 15.9 Å². The van der Waals surface area contributed by atoms with Crippen molar-refractivity contribution in [2.75, 3.05) is 13.2 Å². The molecule has 1 aromatic carbocycles. The van der Waals surface area contributed by atoms with E-state index >= 15 is 0 Å². The number of hydrogen-bond donors (Lipinski definition) is 1. The highest BCUT2D eigenvalue weighted by molar-refractivity contribution is 7.90. The quantitative estimate of drug-likeness (QED) is 0.399. The molecule has 0 radical (unpaired) electrons. The number of ether oxygens (including phenoxy) is 2. The molecule has 0 spiro atoms. The van der Waals surface area contributed by atoms with Gasteiger partial charge in [-0.15, -0.1) is 0 Å². The summed E-state index contributed by atoms with van der Waals surface area (Å²) in [6.45, 7) is 4.73. The third-order valence-electron chi connectivity index (χ3n) is 5.46. The van der Waals surface area contributed by atoms with Crippen LogP contribution < -0.4 is 14.2 Å². The Morgan fingerprint density at radius 2 is 1.94 bits per heavy atom. The van der Waals surface area contributed by atoms with Crippen molar-refractivity contribution in [1.82, 2.24) is 14.7 Å². The first-order chi connectivity index (χ1) is 17.2. The summed E-state index contributed by atoms with van der Waals surface area (Å²) in [5.41, 5.74) is 0.741. The summed E-state index contributed by atoms with van der Waals surface area (Å²) in [6, 6.07) is 11.6. The predicted molar refractivity (Wildman–Crippen MR) is 132 cm³/mol. The average molecular weight is 514 g/mol. The van der Waals surface area contributed by atoms with Gasteiger partial charge in [0.15, 0.2) is 5.03 Å². The summed E-state index contributed by atoms with van der Waals surface area (Å²) in [7, 11) is -4.20. The molecule has 2 aromatic heterocycles. The van der Waals surface area contributed by atoms with Gasteiger partial charge < -0.3 is 9.47 Å². The molecule has 4 rings (SSSR count). The number of sulfonamides is 1. The molecule has 0 saturated heterocycles. The second-order valence-electron chi connectivity index (χ2n) is 9.11. The van der Waals surface area contributed by atoms with Gasteiger partial charge in [-0.2, -0.15) is 8.42 Å². The second kappa shape index (κ2) is 11.0. The molecule has 3 aromatic rings. The summed E-state index contributed by atoms with van der Waals surface area (Å²) in [5.74, 6) is -0.218. The molecule has 1 saturated carbocycles. The van der Waals surface area contributed by atoms with Gasteiger partial charge in [-0.25, -0.2) is 19.1 Å². The van der Waals surface area contributed by atoms with E-state index in [4.69, 9.17) is 9.47 Å². The normalized spacial score (nSPS) is 13.4. The van der Waals surface area contributed by atoms with E-state index < -0.39 is 21.7 Å². The van der Waals surface area contributed by atoms with Crippen LogP contribution in [0, 0.1) is 17.7 Å². The van der Waals surface area contributed by atoms with E-state index in [0.29, 0.717) is 36.1 Å². The maximum Gasteiger partial charge on any atom is 0.281 e. The van der Waals surface area contributed by atoms with Crippen molar-refractivity contribution in [2.24, 2.45) is 11.8 Å². The van der Waals surface area contributed by atoms with E-state index in [9.17, 15) is 17.6 Å². The Morgan fingerprint density at radius 1 is 1.14 bits per heavy atom. The Kier molecular flexibility index (Phi) is 7.83. The Morgan fingerprint density at radius 3 is 2.64 bits per heavy atom. The monoisotopic (exact) mass is 513 g/mol. The fourth-order valence-corrected chi connectivity index (χ4v) is 4.32. The minimum atomic E-state index is -4.20. The van der Waals surface area contributed by atoms with E-state index in [-0.39, 0.29) is 22.4 Å². The third-order valence-corrected chi connectivity index (χ3v) is 6.70. The minimum Gasteiger partial charge on any atom is -0.493 e. The second-order valence-corrected chi connectivity index (χ2v) is 10.7. The number of hydrogen-bond acceptors (Lipinski definition) is 7. The van der Waals surface area contributed by atoms with Crippen LogP contribution in [0.15, 0.2) is 59.8 Å². The van der Waals surface area contributed by atoms with E-state index in [1.165, 1.54) is 42.6 Å². The van der Waals surface area contributed by atoms with Crippen molar-refractivity contribution in [3.8, 4) is 22.9 Å². The lowest BCUT2D eigenvalue weighted by atomic mass is 10.1. The van der Waals surface area contributed by atoms with E-state index in [2.05, 4.69) is 9.97 Å². The molecule has 2 heterocycles. The zero-order valence-electron chi connectivity index (χ0n) is 20.1. The fraction of sp³-hybridized carbons (Fsp3) is 0.346. The van der Waals surface area contributed by atoms with Crippen molar-refractivity contribution in [3.05, 3.63) is 66.1 Å². The average Bonchev–Trinajstić information content (AvgIpc) is 3.67. The summed E-state index contributed by atoms with van der Waals surface area (Å²) in [6.07, 6.45) is 4.39. The van der Waals surface area contributed by atoms with Gasteiger partial charge in [-0.3, -0.25) is 4.79 Å². The van der Waals surface area contributed by atoms with Crippen LogP contribution in [0.3, 0.4) is 0 Å². The Balaban J connectivity index is 1.62. The summed E-state index contributed by atoms with van der Waals surface area (Å²) in [5, 5.41) is -0.284. The van der Waals surface area contributed by atoms with Crippen LogP contribution in [0.25, 0.3) is 11.3 Å². The standard InChI is InChI=1S/C26H28FN3O5S/c1-17(2)16-35-21-14-19(13-20(27)15-21)23-9-8-22(26(29-23)34-12-10-18-6-7-18)25(31)30-36(32,33)24-5-3-4-11-28-24/h3-5,8-9,11,13-15,17-18H,6-7,10,12,16H2,1-2H3,(H,30,31). The molecule has 36 heavy (non-hydrogen) atoms. The fourth-order valence-electron chi connectivity index (χ4n) is 3.41. The Hall–Kier alpha value is -3.53. The van der Waals surface area contributed by atoms with Gasteiger partial charge in [0.25, 0.3) is 15.9 Å². The van der Waals surface area contributed by atoms with Crippen LogP contribution in [-0.2, 0) is 10.0 Å². The first kappa shape index (κ1) is 25.6. The zero-order valence-corrected chi connectivity index (χ0v) is 20.9. The largest absolute Gasteiger partial charge is 0.493 e. The molecule has 1 aliphatic carbocycles. The maximum atomic E-state index is 14.3. The number of amides is 1. The van der Waals surface area contributed by atoms with Crippen LogP contribution in [0.4, 0.5) is 4.39 Å². The van der Waals surface area contributed by atoms with E-state index in [0.717, 1.165) is 19.3 Å². The Labute approximate surface area is 209 Å². The van der Waals surface area contributed by atoms with Gasteiger partial charge in [0.2, 0.25) is 5.88 Å². The third kappa shape index (κ3) is 6.78. The number of carbonyl (C=O) groups excluding carboxylic acids is 1. The topological polar surface area (TPSA) is 107 Å². The number of nitrogens with zero attached hydrogens (tertiary/aromatic N) is 2. The van der Waals surface area contributed by atoms with E-state index in [1.54, 1.807) is 12.1 Å². The minimum absolute atomic E-state index is 0.0317. The molecule has 0 unspecified atom stereocenters. The number of aromatic nitrogens is 2. The van der Waals surface area contributed by atoms with Crippen molar-refractivity contribution in [2.45, 2.75) is 38.1 Å². The zero-order chi connectivity index (χ0) is 25.7. The number of halogens is 1. The first-order valence-corrected chi connectivity index (χ1v) is 13.3. The van der Waals surface area contributed by atoms with Crippen LogP contribution in [0.2, 0.25) is 0 Å². The molecule has 10 heteroatoms. The van der Waals surface area contributed by atoms with Gasteiger partial charge in [0.1, 0.15) is 17.1 Å². The van der Waals surface area contributed by atoms with Crippen molar-refractivity contribution in [3.63, 3.8) is 0 Å². The molecule has 0 bridgehead atoms. The van der Waals surface area contributed by atoms with Gasteiger partial charge in [0, 0.05) is 17.8 Å². The first-order valence-electron chi connectivity index (χ1n) is 11.8. The summed E-state index contributed by atoms with van der Waals surface area (Å²) in [4.78, 5) is 21.2. The maximum absolute atomic E-state index is 14.3. The van der Waals surface area contributed by atoms with Gasteiger partial charge >= 0.3 is 0 Å². The predicted octanol–water partition coefficient (Wildman–Crippen LogP) is 4.62. The highest BCUT2D eigenvalue weighted by Gasteiger charge is 2.25. The highest BCUT2D eigenvalue weighted by Crippen LogP contribution is 2.33. The molecule has 1 aliphatic rings. The lowest BCUT2D eigenvalue weighted by molar-refractivity contribution is 0.0976. The van der Waals surface area contributed by atoms with Crippen molar-refractivity contribution < 1.29 is 27.1 Å².